The van der Waals surface area contributed by atoms with Crippen molar-refractivity contribution in [2.75, 3.05) is 26.3 Å². The molecular formula is C27H30FN7O. The highest BCUT2D eigenvalue weighted by molar-refractivity contribution is 5.70. The average Bonchev–Trinajstić information content (AvgIpc) is 3.59. The van der Waals surface area contributed by atoms with Crippen molar-refractivity contribution in [3.05, 3.63) is 61.4 Å². The lowest BCUT2D eigenvalue weighted by Gasteiger charge is -2.40. The van der Waals surface area contributed by atoms with E-state index in [1.165, 1.54) is 0 Å². The second kappa shape index (κ2) is 9.91. The molecule has 9 heteroatoms. The molecule has 0 saturated carbocycles. The summed E-state index contributed by atoms with van der Waals surface area (Å²) < 4.78 is 23.4. The van der Waals surface area contributed by atoms with Crippen LogP contribution in [0.1, 0.15) is 25.3 Å². The minimum absolute atomic E-state index is 0.00593. The van der Waals surface area contributed by atoms with Crippen LogP contribution < -0.4 is 0 Å². The predicted molar refractivity (Wildman–Crippen MR) is 135 cm³/mol. The van der Waals surface area contributed by atoms with E-state index in [2.05, 4.69) is 48.1 Å². The number of aromatic nitrogens is 6. The number of piperidine rings is 1. The lowest BCUT2D eigenvalue weighted by atomic mass is 9.99. The van der Waals surface area contributed by atoms with Crippen molar-refractivity contribution in [1.29, 1.82) is 0 Å². The Morgan fingerprint density at radius 2 is 1.61 bits per heavy atom. The van der Waals surface area contributed by atoms with Gasteiger partial charge in [0.05, 0.1) is 25.0 Å². The van der Waals surface area contributed by atoms with E-state index >= 15 is 0 Å². The number of nitrogens with zero attached hydrogens (tertiary/aromatic N) is 7. The van der Waals surface area contributed by atoms with Crippen LogP contribution in [0.15, 0.2) is 61.4 Å². The van der Waals surface area contributed by atoms with E-state index < -0.39 is 6.17 Å². The second-order valence-corrected chi connectivity index (χ2v) is 9.70. The highest BCUT2D eigenvalue weighted by Crippen LogP contribution is 2.29. The van der Waals surface area contributed by atoms with Gasteiger partial charge in [-0.05, 0) is 30.9 Å². The minimum atomic E-state index is -0.882. The highest BCUT2D eigenvalue weighted by atomic mass is 19.1. The van der Waals surface area contributed by atoms with Crippen LogP contribution in [-0.2, 0) is 11.8 Å². The van der Waals surface area contributed by atoms with E-state index in [-0.39, 0.29) is 12.6 Å². The third kappa shape index (κ3) is 4.68. The molecule has 0 amide bonds. The van der Waals surface area contributed by atoms with Gasteiger partial charge < -0.3 is 4.74 Å². The van der Waals surface area contributed by atoms with Gasteiger partial charge in [-0.25, -0.2) is 14.4 Å². The van der Waals surface area contributed by atoms with Crippen molar-refractivity contribution in [3.63, 3.8) is 0 Å². The molecule has 0 aliphatic carbocycles. The quantitative estimate of drug-likeness (QED) is 0.421. The molecule has 2 aliphatic rings. The van der Waals surface area contributed by atoms with Crippen LogP contribution in [0.2, 0.25) is 0 Å². The Bertz CT molecular complexity index is 1310. The summed E-state index contributed by atoms with van der Waals surface area (Å²) in [5.41, 5.74) is 5.05. The molecule has 8 nitrogen and oxygen atoms in total. The first-order chi connectivity index (χ1) is 17.6. The number of likely N-dealkylation sites (tertiary alicyclic amines) is 1. The summed E-state index contributed by atoms with van der Waals surface area (Å²) in [5.74, 6) is 0.684. The summed E-state index contributed by atoms with van der Waals surface area (Å²) in [6, 6.07) is 8.50. The summed E-state index contributed by atoms with van der Waals surface area (Å²) in [5, 5.41) is 8.90. The zero-order chi connectivity index (χ0) is 24.5. The van der Waals surface area contributed by atoms with Crippen LogP contribution >= 0.6 is 0 Å². The Morgan fingerprint density at radius 1 is 0.861 bits per heavy atom. The van der Waals surface area contributed by atoms with Crippen LogP contribution in [0.4, 0.5) is 4.39 Å². The number of hydrogen-bond donors (Lipinski definition) is 0. The van der Waals surface area contributed by atoms with Crippen LogP contribution in [0.5, 0.6) is 0 Å². The van der Waals surface area contributed by atoms with Gasteiger partial charge in [-0.15, -0.1) is 0 Å². The second-order valence-electron chi connectivity index (χ2n) is 9.70. The lowest BCUT2D eigenvalue weighted by molar-refractivity contribution is -0.0361. The number of alkyl halides is 1. The normalized spacial score (nSPS) is 21.6. The molecule has 4 aromatic rings. The van der Waals surface area contributed by atoms with Crippen molar-refractivity contribution >= 4 is 0 Å². The maximum Gasteiger partial charge on any atom is 0.159 e. The fourth-order valence-corrected chi connectivity index (χ4v) is 5.31. The van der Waals surface area contributed by atoms with E-state index in [0.29, 0.717) is 18.5 Å². The number of aryl methyl sites for hydroxylation is 1. The Balaban J connectivity index is 1.12. The van der Waals surface area contributed by atoms with Crippen molar-refractivity contribution < 1.29 is 9.13 Å². The summed E-state index contributed by atoms with van der Waals surface area (Å²) in [4.78, 5) is 11.6. The molecule has 3 aromatic heterocycles. The van der Waals surface area contributed by atoms with E-state index in [1.54, 1.807) is 4.68 Å². The molecule has 2 saturated heterocycles. The first kappa shape index (κ1) is 23.0. The smallest absolute Gasteiger partial charge is 0.159 e. The van der Waals surface area contributed by atoms with Crippen LogP contribution in [0, 0.1) is 0 Å². The summed E-state index contributed by atoms with van der Waals surface area (Å²) in [7, 11) is 1.91. The number of benzene rings is 1. The number of hydrogen-bond acceptors (Lipinski definition) is 6. The summed E-state index contributed by atoms with van der Waals surface area (Å²) in [6.07, 6.45) is 13.3. The summed E-state index contributed by atoms with van der Waals surface area (Å²) in [6.45, 7) is 2.66. The molecule has 186 valence electrons. The van der Waals surface area contributed by atoms with Gasteiger partial charge in [0.1, 0.15) is 6.17 Å². The molecule has 2 atom stereocenters. The molecule has 6 rings (SSSR count). The maximum absolute atomic E-state index is 14.3. The monoisotopic (exact) mass is 487 g/mol. The Morgan fingerprint density at radius 3 is 2.36 bits per heavy atom. The SMILES string of the molecule is Cn1cc(-c2cccc(-c3ncc(-c4cnn(C5CCN([C@H]6CCOC[C@H]6F)CC5)c4)cn3)c2)cn1. The Labute approximate surface area is 209 Å². The van der Waals surface area contributed by atoms with Gasteiger partial charge in [0.25, 0.3) is 0 Å². The third-order valence-electron chi connectivity index (χ3n) is 7.34. The first-order valence-corrected chi connectivity index (χ1v) is 12.6. The molecule has 0 radical (unpaired) electrons. The van der Waals surface area contributed by atoms with Crippen molar-refractivity contribution in [3.8, 4) is 33.6 Å². The van der Waals surface area contributed by atoms with Gasteiger partial charge in [0, 0.05) is 79.8 Å². The van der Waals surface area contributed by atoms with Crippen molar-refractivity contribution in [2.24, 2.45) is 7.05 Å². The maximum atomic E-state index is 14.3. The van der Waals surface area contributed by atoms with Gasteiger partial charge in [-0.3, -0.25) is 14.3 Å². The predicted octanol–water partition coefficient (Wildman–Crippen LogP) is 4.17. The molecular weight excluding hydrogens is 457 g/mol. The molecule has 1 aromatic carbocycles. The third-order valence-corrected chi connectivity index (χ3v) is 7.34. The van der Waals surface area contributed by atoms with Crippen LogP contribution in [0.3, 0.4) is 0 Å². The molecule has 2 fully saturated rings. The molecule has 0 unspecified atom stereocenters. The molecule has 0 N–H and O–H groups in total. The molecule has 2 aliphatic heterocycles. The fourth-order valence-electron chi connectivity index (χ4n) is 5.31. The van der Waals surface area contributed by atoms with E-state index in [0.717, 1.165) is 60.2 Å². The highest BCUT2D eigenvalue weighted by Gasteiger charge is 2.33. The van der Waals surface area contributed by atoms with E-state index in [9.17, 15) is 4.39 Å². The van der Waals surface area contributed by atoms with Crippen molar-refractivity contribution in [2.45, 2.75) is 37.5 Å². The number of halogens is 1. The topological polar surface area (TPSA) is 73.9 Å². The van der Waals surface area contributed by atoms with Gasteiger partial charge >= 0.3 is 0 Å². The van der Waals surface area contributed by atoms with E-state index in [4.69, 9.17) is 4.74 Å². The number of rotatable bonds is 5. The van der Waals surface area contributed by atoms with Gasteiger partial charge in [0.15, 0.2) is 5.82 Å². The van der Waals surface area contributed by atoms with Crippen LogP contribution in [-0.4, -0.2) is 72.9 Å². The van der Waals surface area contributed by atoms with Crippen LogP contribution in [0.25, 0.3) is 33.6 Å². The lowest BCUT2D eigenvalue weighted by Crippen LogP contribution is -2.50. The largest absolute Gasteiger partial charge is 0.378 e. The first-order valence-electron chi connectivity index (χ1n) is 12.6. The Hall–Kier alpha value is -3.43. The number of ether oxygens (including phenoxy) is 1. The zero-order valence-corrected chi connectivity index (χ0v) is 20.4. The van der Waals surface area contributed by atoms with E-state index in [1.807, 2.05) is 50.2 Å². The van der Waals surface area contributed by atoms with Gasteiger partial charge in [0.2, 0.25) is 0 Å². The standard InChI is InChI=1S/C27H30FN7O/c1-33-16-22(14-31-33)19-3-2-4-20(11-19)27-29-12-21(13-30-27)23-15-32-35(17-23)24-5-8-34(9-6-24)26-7-10-36-18-25(26)28/h2-4,11-17,24-26H,5-10,18H2,1H3/t25-,26+/m1/s1. The molecule has 0 spiro atoms. The molecule has 0 bridgehead atoms. The molecule has 36 heavy (non-hydrogen) atoms. The van der Waals surface area contributed by atoms with Gasteiger partial charge in [-0.1, -0.05) is 18.2 Å². The minimum Gasteiger partial charge on any atom is -0.378 e. The average molecular weight is 488 g/mol. The Kier molecular flexibility index (Phi) is 6.33. The zero-order valence-electron chi connectivity index (χ0n) is 20.4. The fraction of sp³-hybridized carbons (Fsp3) is 0.407. The van der Waals surface area contributed by atoms with Gasteiger partial charge in [-0.2, -0.15) is 10.2 Å². The summed E-state index contributed by atoms with van der Waals surface area (Å²) >= 11 is 0. The molecule has 5 heterocycles. The van der Waals surface area contributed by atoms with Crippen molar-refractivity contribution in [1.82, 2.24) is 34.4 Å².